The first-order valence-electron chi connectivity index (χ1n) is 11.4. The molecule has 1 aliphatic rings. The van der Waals surface area contributed by atoms with Crippen molar-refractivity contribution in [2.45, 2.75) is 29.0 Å². The number of carbonyl (C=O) groups excluding carboxylic acids is 2. The van der Waals surface area contributed by atoms with Gasteiger partial charge in [-0.05, 0) is 66.4 Å². The van der Waals surface area contributed by atoms with E-state index in [0.717, 1.165) is 48.4 Å². The molecule has 2 aromatic heterocycles. The molecule has 12 heteroatoms. The van der Waals surface area contributed by atoms with Crippen molar-refractivity contribution in [2.75, 3.05) is 6.54 Å². The Morgan fingerprint density at radius 3 is 2.51 bits per heavy atom. The summed E-state index contributed by atoms with van der Waals surface area (Å²) in [6.45, 7) is -0.387. The van der Waals surface area contributed by atoms with Crippen LogP contribution >= 0.6 is 11.3 Å². The van der Waals surface area contributed by atoms with Crippen LogP contribution in [0.25, 0.3) is 21.3 Å². The second-order valence-corrected chi connectivity index (χ2v) is 11.7. The van der Waals surface area contributed by atoms with Crippen molar-refractivity contribution in [3.63, 3.8) is 0 Å². The Balaban J connectivity index is 1.51. The number of aromatic nitrogens is 2. The highest BCUT2D eigenvalue weighted by molar-refractivity contribution is 7.92. The first kappa shape index (κ1) is 24.8. The van der Waals surface area contributed by atoms with Crippen LogP contribution in [0.15, 0.2) is 70.5 Å². The van der Waals surface area contributed by atoms with E-state index in [-0.39, 0.29) is 28.0 Å². The molecule has 2 aromatic carbocycles. The van der Waals surface area contributed by atoms with Gasteiger partial charge in [-0.2, -0.15) is 0 Å². The minimum absolute atomic E-state index is 0.00230. The second-order valence-electron chi connectivity index (χ2n) is 8.61. The maximum Gasteiger partial charge on any atom is 0.248 e. The standard InChI is InChI=1S/C25H21FN4O5S2/c26-16-2-6-18(7-3-16)37(34,35)23(24(33)28-13-22(32)29-17-4-5-17)25-30-19-8-1-14(11-20(19)36-25)15-9-10-27-21(31)12-15/h1-3,6-12,17,23H,4-5,13H2,(H,27,31)(H,28,33)(H,29,32). The van der Waals surface area contributed by atoms with E-state index in [4.69, 9.17) is 0 Å². The smallest absolute Gasteiger partial charge is 0.248 e. The number of halogens is 1. The summed E-state index contributed by atoms with van der Waals surface area (Å²) in [5, 5.41) is 3.39. The van der Waals surface area contributed by atoms with E-state index < -0.39 is 32.7 Å². The zero-order chi connectivity index (χ0) is 26.2. The second kappa shape index (κ2) is 9.87. The monoisotopic (exact) mass is 540 g/mol. The lowest BCUT2D eigenvalue weighted by Crippen LogP contribution is -2.41. The van der Waals surface area contributed by atoms with E-state index in [1.807, 2.05) is 0 Å². The van der Waals surface area contributed by atoms with Crippen molar-refractivity contribution in [3.05, 3.63) is 82.0 Å². The fourth-order valence-corrected chi connectivity index (χ4v) is 6.75. The van der Waals surface area contributed by atoms with E-state index in [1.54, 1.807) is 24.3 Å². The van der Waals surface area contributed by atoms with E-state index in [9.17, 15) is 27.2 Å². The zero-order valence-corrected chi connectivity index (χ0v) is 20.9. The molecule has 0 radical (unpaired) electrons. The van der Waals surface area contributed by atoms with Crippen LogP contribution in [0, 0.1) is 5.82 Å². The maximum absolute atomic E-state index is 13.6. The van der Waals surface area contributed by atoms with E-state index >= 15 is 0 Å². The number of H-pyrrole nitrogens is 1. The molecular formula is C25H21FN4O5S2. The van der Waals surface area contributed by atoms with Gasteiger partial charge in [0.1, 0.15) is 10.8 Å². The van der Waals surface area contributed by atoms with Gasteiger partial charge in [-0.1, -0.05) is 6.07 Å². The molecule has 3 N–H and O–H groups in total. The van der Waals surface area contributed by atoms with Crippen molar-refractivity contribution in [1.29, 1.82) is 0 Å². The quantitative estimate of drug-likeness (QED) is 0.294. The van der Waals surface area contributed by atoms with Crippen LogP contribution in [0.2, 0.25) is 0 Å². The summed E-state index contributed by atoms with van der Waals surface area (Å²) in [6, 6.07) is 12.6. The lowest BCUT2D eigenvalue weighted by atomic mass is 10.1. The highest BCUT2D eigenvalue weighted by Crippen LogP contribution is 2.36. The molecule has 1 unspecified atom stereocenters. The lowest BCUT2D eigenvalue weighted by Gasteiger charge is -2.16. The maximum atomic E-state index is 13.6. The van der Waals surface area contributed by atoms with Crippen LogP contribution in [-0.4, -0.2) is 42.8 Å². The average Bonchev–Trinajstić information content (AvgIpc) is 3.58. The molecule has 37 heavy (non-hydrogen) atoms. The predicted octanol–water partition coefficient (Wildman–Crippen LogP) is 2.70. The molecule has 2 heterocycles. The molecule has 4 aromatic rings. The predicted molar refractivity (Wildman–Crippen MR) is 136 cm³/mol. The van der Waals surface area contributed by atoms with Gasteiger partial charge in [0.25, 0.3) is 0 Å². The largest absolute Gasteiger partial charge is 0.352 e. The van der Waals surface area contributed by atoms with Gasteiger partial charge in [0.2, 0.25) is 17.4 Å². The van der Waals surface area contributed by atoms with E-state index in [1.165, 1.54) is 12.3 Å². The highest BCUT2D eigenvalue weighted by atomic mass is 32.2. The number of thiazole rings is 1. The number of nitrogens with one attached hydrogen (secondary N) is 3. The Hall–Kier alpha value is -3.90. The summed E-state index contributed by atoms with van der Waals surface area (Å²) in [5.41, 5.74) is 1.58. The van der Waals surface area contributed by atoms with Crippen LogP contribution in [0.1, 0.15) is 23.1 Å². The van der Waals surface area contributed by atoms with Gasteiger partial charge in [-0.25, -0.2) is 17.8 Å². The molecule has 1 saturated carbocycles. The molecule has 0 aliphatic heterocycles. The minimum atomic E-state index is -4.35. The Morgan fingerprint density at radius 1 is 1.08 bits per heavy atom. The Morgan fingerprint density at radius 2 is 1.81 bits per heavy atom. The van der Waals surface area contributed by atoms with Crippen LogP contribution in [0.4, 0.5) is 4.39 Å². The molecule has 9 nitrogen and oxygen atoms in total. The van der Waals surface area contributed by atoms with Crippen molar-refractivity contribution < 1.29 is 22.4 Å². The lowest BCUT2D eigenvalue weighted by molar-refractivity contribution is -0.126. The summed E-state index contributed by atoms with van der Waals surface area (Å²) in [6.07, 6.45) is 3.26. The number of carbonyl (C=O) groups is 2. The van der Waals surface area contributed by atoms with Gasteiger partial charge in [0, 0.05) is 18.3 Å². The number of benzene rings is 2. The molecule has 1 atom stereocenters. The molecule has 5 rings (SSSR count). The number of aromatic amines is 1. The Labute approximate surface area is 214 Å². The summed E-state index contributed by atoms with van der Waals surface area (Å²) < 4.78 is 41.2. The van der Waals surface area contributed by atoms with Gasteiger partial charge in [0.05, 0.1) is 21.7 Å². The summed E-state index contributed by atoms with van der Waals surface area (Å²) >= 11 is 1.01. The third-order valence-corrected chi connectivity index (χ3v) is 9.01. The summed E-state index contributed by atoms with van der Waals surface area (Å²) in [4.78, 5) is 43.7. The number of nitrogens with zero attached hydrogens (tertiary/aromatic N) is 1. The number of sulfone groups is 1. The van der Waals surface area contributed by atoms with Gasteiger partial charge in [0.15, 0.2) is 15.1 Å². The number of hydrogen-bond donors (Lipinski definition) is 3. The van der Waals surface area contributed by atoms with Gasteiger partial charge in [-0.3, -0.25) is 14.4 Å². The number of hydrogen-bond acceptors (Lipinski definition) is 7. The molecule has 0 saturated heterocycles. The van der Waals surface area contributed by atoms with Gasteiger partial charge in [-0.15, -0.1) is 11.3 Å². The van der Waals surface area contributed by atoms with E-state index in [2.05, 4.69) is 20.6 Å². The third-order valence-electron chi connectivity index (χ3n) is 5.79. The summed E-state index contributed by atoms with van der Waals surface area (Å²) in [5.74, 6) is -1.95. The van der Waals surface area contributed by atoms with Crippen molar-refractivity contribution in [3.8, 4) is 11.1 Å². The minimum Gasteiger partial charge on any atom is -0.352 e. The van der Waals surface area contributed by atoms with Crippen LogP contribution in [-0.2, 0) is 19.4 Å². The fourth-order valence-electron chi connectivity index (χ4n) is 3.77. The summed E-state index contributed by atoms with van der Waals surface area (Å²) in [7, 11) is -4.35. The number of fused-ring (bicyclic) bond motifs is 1. The topological polar surface area (TPSA) is 138 Å². The fraction of sp³-hybridized carbons (Fsp3) is 0.200. The molecule has 1 aliphatic carbocycles. The first-order chi connectivity index (χ1) is 17.7. The third kappa shape index (κ3) is 5.44. The van der Waals surface area contributed by atoms with Crippen molar-refractivity contribution >= 4 is 43.2 Å². The van der Waals surface area contributed by atoms with Gasteiger partial charge < -0.3 is 15.6 Å². The SMILES string of the molecule is O=C(CNC(=O)C(c1nc2ccc(-c3cc[nH]c(=O)c3)cc2s1)S(=O)(=O)c1ccc(F)cc1)NC1CC1. The van der Waals surface area contributed by atoms with Crippen LogP contribution in [0.5, 0.6) is 0 Å². The van der Waals surface area contributed by atoms with E-state index in [0.29, 0.717) is 21.3 Å². The van der Waals surface area contributed by atoms with Crippen molar-refractivity contribution in [2.24, 2.45) is 0 Å². The molecule has 0 spiro atoms. The normalized spacial score (nSPS) is 14.3. The molecule has 2 amide bonds. The average molecular weight is 541 g/mol. The Bertz CT molecular complexity index is 1660. The molecular weight excluding hydrogens is 519 g/mol. The first-order valence-corrected chi connectivity index (χ1v) is 13.7. The van der Waals surface area contributed by atoms with Crippen LogP contribution < -0.4 is 16.2 Å². The number of amides is 2. The van der Waals surface area contributed by atoms with Gasteiger partial charge >= 0.3 is 0 Å². The number of pyridine rings is 1. The van der Waals surface area contributed by atoms with Crippen LogP contribution in [0.3, 0.4) is 0 Å². The Kier molecular flexibility index (Phi) is 6.61. The zero-order valence-electron chi connectivity index (χ0n) is 19.2. The number of rotatable bonds is 8. The highest BCUT2D eigenvalue weighted by Gasteiger charge is 2.38. The molecule has 1 fully saturated rings. The van der Waals surface area contributed by atoms with Crippen molar-refractivity contribution in [1.82, 2.24) is 20.6 Å². The molecule has 0 bridgehead atoms. The molecule has 190 valence electrons.